The Morgan fingerprint density at radius 3 is 2.45 bits per heavy atom. The third-order valence-corrected chi connectivity index (χ3v) is 6.72. The van der Waals surface area contributed by atoms with Crippen LogP contribution in [0.4, 0.5) is 5.69 Å². The van der Waals surface area contributed by atoms with Crippen LogP contribution in [0.3, 0.4) is 0 Å². The molecule has 2 heterocycles. The molecule has 1 atom stereocenters. The minimum Gasteiger partial charge on any atom is -0.325 e. The summed E-state index contributed by atoms with van der Waals surface area (Å²) in [5, 5.41) is 2.51. The first-order valence-electron chi connectivity index (χ1n) is 9.61. The van der Waals surface area contributed by atoms with E-state index in [0.29, 0.717) is 10.7 Å². The summed E-state index contributed by atoms with van der Waals surface area (Å²) < 4.78 is 0.851. The maximum Gasteiger partial charge on any atom is 0.257 e. The van der Waals surface area contributed by atoms with Gasteiger partial charge in [-0.25, -0.2) is 4.90 Å². The predicted molar refractivity (Wildman–Crippen MR) is 125 cm³/mol. The number of thiophene rings is 1. The molecule has 0 radical (unpaired) electrons. The van der Waals surface area contributed by atoms with E-state index in [9.17, 15) is 14.4 Å². The lowest BCUT2D eigenvalue weighted by Crippen LogP contribution is -2.45. The fourth-order valence-electron chi connectivity index (χ4n) is 3.54. The molecule has 31 heavy (non-hydrogen) atoms. The number of hydrogen-bond acceptors (Lipinski definition) is 4. The smallest absolute Gasteiger partial charge is 0.257 e. The lowest BCUT2D eigenvalue weighted by Gasteiger charge is -2.27. The molecule has 0 N–H and O–H groups in total. The highest BCUT2D eigenvalue weighted by Gasteiger charge is 2.44. The number of amides is 3. The van der Waals surface area contributed by atoms with Crippen LogP contribution in [0.15, 0.2) is 70.5 Å². The topological polar surface area (TPSA) is 57.7 Å². The van der Waals surface area contributed by atoms with Crippen molar-refractivity contribution in [1.29, 1.82) is 0 Å². The summed E-state index contributed by atoms with van der Waals surface area (Å²) in [6.07, 6.45) is 0.0887. The molecule has 0 spiro atoms. The molecule has 5 nitrogen and oxygen atoms in total. The van der Waals surface area contributed by atoms with Crippen LogP contribution in [0.2, 0.25) is 5.02 Å². The van der Waals surface area contributed by atoms with E-state index in [1.807, 2.05) is 17.5 Å². The van der Waals surface area contributed by atoms with Gasteiger partial charge in [-0.05, 0) is 53.4 Å². The number of carbonyl (C=O) groups is 3. The van der Waals surface area contributed by atoms with Crippen molar-refractivity contribution < 1.29 is 14.4 Å². The molecule has 0 aliphatic carbocycles. The zero-order chi connectivity index (χ0) is 22.0. The summed E-state index contributed by atoms with van der Waals surface area (Å²) in [4.78, 5) is 42.9. The Labute approximate surface area is 197 Å². The van der Waals surface area contributed by atoms with Gasteiger partial charge in [0, 0.05) is 14.4 Å². The van der Waals surface area contributed by atoms with Crippen molar-refractivity contribution in [3.63, 3.8) is 0 Å². The van der Waals surface area contributed by atoms with Crippen molar-refractivity contribution in [2.45, 2.75) is 25.4 Å². The summed E-state index contributed by atoms with van der Waals surface area (Å²) in [7, 11) is 0. The summed E-state index contributed by atoms with van der Waals surface area (Å²) >= 11 is 10.8. The average Bonchev–Trinajstić information content (AvgIpc) is 3.36. The summed E-state index contributed by atoms with van der Waals surface area (Å²) in [6.45, 7) is 0.280. The first-order chi connectivity index (χ1) is 14.9. The van der Waals surface area contributed by atoms with Crippen LogP contribution < -0.4 is 4.90 Å². The lowest BCUT2D eigenvalue weighted by atomic mass is 10.1. The van der Waals surface area contributed by atoms with Gasteiger partial charge in [0.05, 0.1) is 25.1 Å². The van der Waals surface area contributed by atoms with Crippen LogP contribution in [0.5, 0.6) is 0 Å². The van der Waals surface area contributed by atoms with Gasteiger partial charge in [0.25, 0.3) is 5.91 Å². The van der Waals surface area contributed by atoms with Crippen molar-refractivity contribution in [3.05, 3.63) is 86.0 Å². The Morgan fingerprint density at radius 1 is 1.10 bits per heavy atom. The van der Waals surface area contributed by atoms with E-state index in [1.54, 1.807) is 48.5 Å². The van der Waals surface area contributed by atoms with E-state index in [1.165, 1.54) is 21.1 Å². The Morgan fingerprint density at radius 2 is 1.81 bits per heavy atom. The third-order valence-electron chi connectivity index (χ3n) is 5.08. The molecule has 158 valence electrons. The van der Waals surface area contributed by atoms with Crippen LogP contribution in [0, 0.1) is 0 Å². The van der Waals surface area contributed by atoms with E-state index < -0.39 is 6.04 Å². The SMILES string of the molecule is O=C1CC(N(Cc2cccs2)C(=O)Cc2ccc(Cl)cc2)C(=O)N1c1ccc(Br)cc1. The van der Waals surface area contributed by atoms with Gasteiger partial charge in [-0.15, -0.1) is 11.3 Å². The van der Waals surface area contributed by atoms with Gasteiger partial charge < -0.3 is 4.90 Å². The molecule has 1 unspecified atom stereocenters. The number of halogens is 2. The Kier molecular flexibility index (Phi) is 6.55. The second-order valence-corrected chi connectivity index (χ2v) is 9.55. The van der Waals surface area contributed by atoms with Gasteiger partial charge in [0.15, 0.2) is 0 Å². The highest BCUT2D eigenvalue weighted by molar-refractivity contribution is 9.10. The summed E-state index contributed by atoms with van der Waals surface area (Å²) in [5.41, 5.74) is 1.30. The maximum atomic E-state index is 13.3. The molecule has 8 heteroatoms. The van der Waals surface area contributed by atoms with Gasteiger partial charge in [-0.1, -0.05) is 45.7 Å². The van der Waals surface area contributed by atoms with Crippen LogP contribution in [0.1, 0.15) is 16.9 Å². The third kappa shape index (κ3) is 4.89. The van der Waals surface area contributed by atoms with Crippen LogP contribution in [0.25, 0.3) is 0 Å². The van der Waals surface area contributed by atoms with E-state index in [-0.39, 0.29) is 37.1 Å². The van der Waals surface area contributed by atoms with Crippen molar-refractivity contribution >= 4 is 62.3 Å². The van der Waals surface area contributed by atoms with Gasteiger partial charge in [-0.3, -0.25) is 14.4 Å². The highest BCUT2D eigenvalue weighted by atomic mass is 79.9. The van der Waals surface area contributed by atoms with Crippen molar-refractivity contribution in [2.24, 2.45) is 0 Å². The fourth-order valence-corrected chi connectivity index (χ4v) is 4.63. The van der Waals surface area contributed by atoms with Gasteiger partial charge >= 0.3 is 0 Å². The molecule has 3 aromatic rings. The normalized spacial score (nSPS) is 16.1. The molecule has 2 aromatic carbocycles. The van der Waals surface area contributed by atoms with Crippen molar-refractivity contribution in [3.8, 4) is 0 Å². The molecule has 1 fully saturated rings. The Balaban J connectivity index is 1.60. The van der Waals surface area contributed by atoms with E-state index in [4.69, 9.17) is 11.6 Å². The molecule has 0 saturated carbocycles. The van der Waals surface area contributed by atoms with Crippen LogP contribution >= 0.6 is 38.9 Å². The molecule has 1 saturated heterocycles. The second kappa shape index (κ2) is 9.34. The van der Waals surface area contributed by atoms with Crippen LogP contribution in [-0.2, 0) is 27.3 Å². The molecular weight excluding hydrogens is 500 g/mol. The Bertz CT molecular complexity index is 1100. The number of anilines is 1. The molecule has 4 rings (SSSR count). The van der Waals surface area contributed by atoms with E-state index in [2.05, 4.69) is 15.9 Å². The minimum absolute atomic E-state index is 0.0351. The standard InChI is InChI=1S/C23H18BrClN2O3S/c24-16-5-9-18(10-6-16)27-22(29)13-20(23(27)30)26(14-19-2-1-11-31-19)21(28)12-15-3-7-17(25)8-4-15/h1-11,20H,12-14H2. The number of rotatable bonds is 6. The molecule has 0 bridgehead atoms. The van der Waals surface area contributed by atoms with E-state index >= 15 is 0 Å². The van der Waals surface area contributed by atoms with Crippen LogP contribution in [-0.4, -0.2) is 28.7 Å². The minimum atomic E-state index is -0.835. The summed E-state index contributed by atoms with van der Waals surface area (Å²) in [5.74, 6) is -0.902. The second-order valence-electron chi connectivity index (χ2n) is 7.17. The zero-order valence-corrected chi connectivity index (χ0v) is 19.5. The number of hydrogen-bond donors (Lipinski definition) is 0. The van der Waals surface area contributed by atoms with Crippen molar-refractivity contribution in [2.75, 3.05) is 4.90 Å². The van der Waals surface area contributed by atoms with Gasteiger partial charge in [-0.2, -0.15) is 0 Å². The van der Waals surface area contributed by atoms with Gasteiger partial charge in [0.2, 0.25) is 11.8 Å². The fraction of sp³-hybridized carbons (Fsp3) is 0.174. The predicted octanol–water partition coefficient (Wildman–Crippen LogP) is 5.07. The van der Waals surface area contributed by atoms with Gasteiger partial charge in [0.1, 0.15) is 6.04 Å². The Hall–Kier alpha value is -2.48. The van der Waals surface area contributed by atoms with E-state index in [0.717, 1.165) is 14.9 Å². The first-order valence-corrected chi connectivity index (χ1v) is 11.7. The number of imide groups is 1. The molecule has 3 amide bonds. The highest BCUT2D eigenvalue weighted by Crippen LogP contribution is 2.29. The molecule has 1 aliphatic heterocycles. The molecule has 1 aromatic heterocycles. The average molecular weight is 518 g/mol. The molecular formula is C23H18BrClN2O3S. The number of benzene rings is 2. The number of carbonyl (C=O) groups excluding carboxylic acids is 3. The number of nitrogens with zero attached hydrogens (tertiary/aromatic N) is 2. The summed E-state index contributed by atoms with van der Waals surface area (Å²) in [6, 6.07) is 17.0. The lowest BCUT2D eigenvalue weighted by molar-refractivity contribution is -0.138. The molecule has 1 aliphatic rings. The first kappa shape index (κ1) is 21.7. The quantitative estimate of drug-likeness (QED) is 0.429. The van der Waals surface area contributed by atoms with Crippen molar-refractivity contribution in [1.82, 2.24) is 4.90 Å². The zero-order valence-electron chi connectivity index (χ0n) is 16.3. The largest absolute Gasteiger partial charge is 0.325 e. The maximum absolute atomic E-state index is 13.3. The monoisotopic (exact) mass is 516 g/mol.